The van der Waals surface area contributed by atoms with Gasteiger partial charge in [0.25, 0.3) is 11.8 Å². The van der Waals surface area contributed by atoms with Crippen molar-refractivity contribution in [2.75, 3.05) is 6.61 Å². The summed E-state index contributed by atoms with van der Waals surface area (Å²) in [5.41, 5.74) is 2.28. The summed E-state index contributed by atoms with van der Waals surface area (Å²) in [5.74, 6) is -1.02. The molecule has 0 spiro atoms. The van der Waals surface area contributed by atoms with Crippen molar-refractivity contribution < 1.29 is 34.8 Å². The Labute approximate surface area is 163 Å². The van der Waals surface area contributed by atoms with E-state index in [2.05, 4.69) is 10.3 Å². The number of hydrogen-bond donors (Lipinski definition) is 6. The van der Waals surface area contributed by atoms with Crippen molar-refractivity contribution in [3.63, 3.8) is 0 Å². The molecule has 0 unspecified atom stereocenters. The first-order chi connectivity index (χ1) is 13.9. The van der Waals surface area contributed by atoms with Gasteiger partial charge in [0, 0.05) is 22.7 Å². The molecule has 9 nitrogen and oxygen atoms in total. The SMILES string of the molecule is O=C1NC(=O)c2c1cc(C[C@@H]1O[C@H](CO)[C@@H](O)[C@H]1O)c1[nH]c3ccc(O)cc3c21. The molecular weight excluding hydrogens is 380 g/mol. The minimum absolute atomic E-state index is 0.0192. The monoisotopic (exact) mass is 398 g/mol. The molecule has 0 bridgehead atoms. The average Bonchev–Trinajstić information content (AvgIpc) is 3.29. The zero-order valence-electron chi connectivity index (χ0n) is 15.0. The molecule has 29 heavy (non-hydrogen) atoms. The van der Waals surface area contributed by atoms with Gasteiger partial charge in [-0.2, -0.15) is 0 Å². The van der Waals surface area contributed by atoms with Gasteiger partial charge in [0.1, 0.15) is 24.1 Å². The van der Waals surface area contributed by atoms with Crippen LogP contribution >= 0.6 is 0 Å². The fourth-order valence-corrected chi connectivity index (χ4v) is 4.30. The highest BCUT2D eigenvalue weighted by Crippen LogP contribution is 2.37. The van der Waals surface area contributed by atoms with E-state index >= 15 is 0 Å². The molecule has 4 atom stereocenters. The Morgan fingerprint density at radius 1 is 1.03 bits per heavy atom. The van der Waals surface area contributed by atoms with E-state index in [0.29, 0.717) is 27.4 Å². The summed E-state index contributed by atoms with van der Waals surface area (Å²) < 4.78 is 5.58. The lowest BCUT2D eigenvalue weighted by Gasteiger charge is -2.16. The van der Waals surface area contributed by atoms with E-state index < -0.39 is 42.8 Å². The van der Waals surface area contributed by atoms with E-state index in [4.69, 9.17) is 4.74 Å². The van der Waals surface area contributed by atoms with Crippen molar-refractivity contribution in [3.8, 4) is 5.75 Å². The van der Waals surface area contributed by atoms with E-state index in [1.165, 1.54) is 12.1 Å². The van der Waals surface area contributed by atoms with Crippen LogP contribution in [0.4, 0.5) is 0 Å². The molecule has 2 amide bonds. The Morgan fingerprint density at radius 2 is 1.79 bits per heavy atom. The molecule has 5 rings (SSSR count). The Hall–Kier alpha value is -2.98. The third kappa shape index (κ3) is 2.56. The van der Waals surface area contributed by atoms with Crippen molar-refractivity contribution in [2.45, 2.75) is 30.8 Å². The van der Waals surface area contributed by atoms with Crippen LogP contribution in [0.2, 0.25) is 0 Å². The molecule has 1 aromatic heterocycles. The van der Waals surface area contributed by atoms with E-state index in [-0.39, 0.29) is 23.3 Å². The third-order valence-corrected chi connectivity index (χ3v) is 5.70. The maximum atomic E-state index is 12.4. The normalized spacial score (nSPS) is 26.4. The second-order valence-electron chi connectivity index (χ2n) is 7.43. The van der Waals surface area contributed by atoms with Gasteiger partial charge in [-0.05, 0) is 29.8 Å². The standard InChI is InChI=1S/C20H18N2O7/c23-6-13-18(26)17(25)12(29-13)4-7-3-10-15(20(28)22-19(10)27)14-9-5-8(24)1-2-11(9)21-16(7)14/h1-3,5,12-13,17-18,21,23-26H,4,6H2,(H,22,27,28)/t12-,13+,17-,18+/m0/s1. The van der Waals surface area contributed by atoms with Crippen LogP contribution in [0.15, 0.2) is 24.3 Å². The number of fused-ring (bicyclic) bond motifs is 5. The minimum atomic E-state index is -1.22. The molecule has 0 radical (unpaired) electrons. The summed E-state index contributed by atoms with van der Waals surface area (Å²) in [4.78, 5) is 27.9. The number of hydrogen-bond acceptors (Lipinski definition) is 7. The van der Waals surface area contributed by atoms with E-state index in [1.54, 1.807) is 12.1 Å². The summed E-state index contributed by atoms with van der Waals surface area (Å²) >= 11 is 0. The van der Waals surface area contributed by atoms with E-state index in [1.807, 2.05) is 0 Å². The first kappa shape index (κ1) is 18.1. The first-order valence-electron chi connectivity index (χ1n) is 9.17. The number of aromatic hydroxyl groups is 1. The Morgan fingerprint density at radius 3 is 2.52 bits per heavy atom. The quantitative estimate of drug-likeness (QED) is 0.338. The van der Waals surface area contributed by atoms with Gasteiger partial charge in [0.15, 0.2) is 0 Å². The molecule has 2 aliphatic heterocycles. The number of phenols is 1. The smallest absolute Gasteiger partial charge is 0.259 e. The molecule has 9 heteroatoms. The number of imide groups is 1. The Kier molecular flexibility index (Phi) is 3.90. The van der Waals surface area contributed by atoms with Crippen LogP contribution in [-0.2, 0) is 11.2 Å². The fraction of sp³-hybridized carbons (Fsp3) is 0.300. The van der Waals surface area contributed by atoms with Crippen LogP contribution in [0.5, 0.6) is 5.75 Å². The van der Waals surface area contributed by atoms with Crippen LogP contribution in [0.1, 0.15) is 26.3 Å². The number of benzene rings is 2. The van der Waals surface area contributed by atoms with Crippen LogP contribution in [0, 0.1) is 0 Å². The maximum Gasteiger partial charge on any atom is 0.259 e. The van der Waals surface area contributed by atoms with Crippen LogP contribution in [-0.4, -0.2) is 68.2 Å². The molecule has 6 N–H and O–H groups in total. The predicted molar refractivity (Wildman–Crippen MR) is 101 cm³/mol. The van der Waals surface area contributed by atoms with Gasteiger partial charge in [-0.3, -0.25) is 14.9 Å². The first-order valence-corrected chi connectivity index (χ1v) is 9.17. The maximum absolute atomic E-state index is 12.4. The molecule has 0 aliphatic carbocycles. The summed E-state index contributed by atoms with van der Waals surface area (Å²) in [6, 6.07) is 6.26. The highest BCUT2D eigenvalue weighted by Gasteiger charge is 2.43. The van der Waals surface area contributed by atoms with Crippen LogP contribution in [0.25, 0.3) is 21.8 Å². The second-order valence-corrected chi connectivity index (χ2v) is 7.43. The molecule has 3 heterocycles. The predicted octanol–water partition coefficient (Wildman–Crippen LogP) is -0.0657. The van der Waals surface area contributed by atoms with Gasteiger partial charge in [-0.1, -0.05) is 0 Å². The summed E-state index contributed by atoms with van der Waals surface area (Å²) in [6.45, 7) is -0.434. The minimum Gasteiger partial charge on any atom is -0.508 e. The Bertz CT molecular complexity index is 1180. The van der Waals surface area contributed by atoms with Gasteiger partial charge in [-0.25, -0.2) is 0 Å². The average molecular weight is 398 g/mol. The zero-order valence-corrected chi connectivity index (χ0v) is 15.0. The molecular formula is C20H18N2O7. The largest absolute Gasteiger partial charge is 0.508 e. The van der Waals surface area contributed by atoms with Gasteiger partial charge >= 0.3 is 0 Å². The molecule has 0 saturated carbocycles. The van der Waals surface area contributed by atoms with Crippen molar-refractivity contribution in [2.24, 2.45) is 0 Å². The molecule has 1 saturated heterocycles. The molecule has 2 aliphatic rings. The van der Waals surface area contributed by atoms with Crippen molar-refractivity contribution in [3.05, 3.63) is 41.0 Å². The molecule has 1 fully saturated rings. The van der Waals surface area contributed by atoms with Crippen molar-refractivity contribution >= 4 is 33.6 Å². The van der Waals surface area contributed by atoms with Crippen LogP contribution < -0.4 is 5.32 Å². The number of phenolic OH excluding ortho intramolecular Hbond substituents is 1. The lowest BCUT2D eigenvalue weighted by Crippen LogP contribution is -2.34. The number of aromatic nitrogens is 1. The number of aliphatic hydroxyl groups excluding tert-OH is 3. The number of amides is 2. The topological polar surface area (TPSA) is 152 Å². The Balaban J connectivity index is 1.72. The van der Waals surface area contributed by atoms with E-state index in [9.17, 15) is 30.0 Å². The number of nitrogens with one attached hydrogen (secondary N) is 2. The lowest BCUT2D eigenvalue weighted by molar-refractivity contribution is -0.0215. The highest BCUT2D eigenvalue weighted by atomic mass is 16.6. The highest BCUT2D eigenvalue weighted by molar-refractivity contribution is 6.30. The van der Waals surface area contributed by atoms with Gasteiger partial charge in [0.05, 0.1) is 29.4 Å². The molecule has 3 aromatic rings. The number of ether oxygens (including phenoxy) is 1. The van der Waals surface area contributed by atoms with Gasteiger partial charge < -0.3 is 30.1 Å². The van der Waals surface area contributed by atoms with E-state index in [0.717, 1.165) is 0 Å². The molecule has 2 aromatic carbocycles. The number of rotatable bonds is 3. The zero-order chi connectivity index (χ0) is 20.4. The summed E-state index contributed by atoms with van der Waals surface area (Å²) in [7, 11) is 0. The number of carbonyl (C=O) groups excluding carboxylic acids is 2. The van der Waals surface area contributed by atoms with Crippen molar-refractivity contribution in [1.29, 1.82) is 0 Å². The van der Waals surface area contributed by atoms with Crippen LogP contribution in [0.3, 0.4) is 0 Å². The summed E-state index contributed by atoms with van der Waals surface area (Å²) in [5, 5.41) is 42.9. The van der Waals surface area contributed by atoms with Gasteiger partial charge in [-0.15, -0.1) is 0 Å². The van der Waals surface area contributed by atoms with Crippen molar-refractivity contribution in [1.82, 2.24) is 10.3 Å². The number of aromatic amines is 1. The van der Waals surface area contributed by atoms with Gasteiger partial charge in [0.2, 0.25) is 0 Å². The second kappa shape index (κ2) is 6.26. The summed E-state index contributed by atoms with van der Waals surface area (Å²) in [6.07, 6.45) is -4.00. The fourth-order valence-electron chi connectivity index (χ4n) is 4.30. The molecule has 150 valence electrons. The number of carbonyl (C=O) groups is 2. The lowest BCUT2D eigenvalue weighted by atomic mass is 9.94. The number of H-pyrrole nitrogens is 1. The number of aliphatic hydroxyl groups is 3. The third-order valence-electron chi connectivity index (χ3n) is 5.70.